The van der Waals surface area contributed by atoms with E-state index in [1.165, 1.54) is 11.3 Å². The highest BCUT2D eigenvalue weighted by Gasteiger charge is 2.06. The molecule has 0 aliphatic rings. The smallest absolute Gasteiger partial charge is 0.127 e. The largest absolute Gasteiger partial charge is 0.389 e. The summed E-state index contributed by atoms with van der Waals surface area (Å²) < 4.78 is 0. The molecule has 4 heteroatoms. The maximum Gasteiger partial charge on any atom is 0.127 e. The van der Waals surface area contributed by atoms with Crippen molar-refractivity contribution in [3.63, 3.8) is 0 Å². The molecule has 2 heterocycles. The SMILES string of the molecule is Cc1cncc(-c2nc(C)c(N)s2)c1. The van der Waals surface area contributed by atoms with E-state index in [0.29, 0.717) is 0 Å². The lowest BCUT2D eigenvalue weighted by molar-refractivity contribution is 1.23. The molecule has 0 fully saturated rings. The van der Waals surface area contributed by atoms with Crippen LogP contribution in [0.5, 0.6) is 0 Å². The first-order valence-corrected chi connectivity index (χ1v) is 5.13. The van der Waals surface area contributed by atoms with E-state index in [-0.39, 0.29) is 0 Å². The number of aromatic nitrogens is 2. The highest BCUT2D eigenvalue weighted by atomic mass is 32.1. The van der Waals surface area contributed by atoms with Crippen LogP contribution in [0.3, 0.4) is 0 Å². The fourth-order valence-corrected chi connectivity index (χ4v) is 2.02. The maximum absolute atomic E-state index is 5.75. The summed E-state index contributed by atoms with van der Waals surface area (Å²) in [5.41, 5.74) is 8.82. The first kappa shape index (κ1) is 9.15. The summed E-state index contributed by atoms with van der Waals surface area (Å²) in [6.07, 6.45) is 3.64. The lowest BCUT2D eigenvalue weighted by atomic mass is 10.2. The van der Waals surface area contributed by atoms with Gasteiger partial charge in [-0.25, -0.2) is 4.98 Å². The van der Waals surface area contributed by atoms with Crippen molar-refractivity contribution in [3.05, 3.63) is 29.7 Å². The molecule has 0 bridgehead atoms. The van der Waals surface area contributed by atoms with Crippen LogP contribution in [0.25, 0.3) is 10.6 Å². The molecule has 14 heavy (non-hydrogen) atoms. The molecule has 0 saturated carbocycles. The number of rotatable bonds is 1. The van der Waals surface area contributed by atoms with E-state index < -0.39 is 0 Å². The third-order valence-electron chi connectivity index (χ3n) is 1.95. The molecule has 0 aromatic carbocycles. The second-order valence-electron chi connectivity index (χ2n) is 3.22. The second kappa shape index (κ2) is 3.38. The monoisotopic (exact) mass is 205 g/mol. The molecular weight excluding hydrogens is 194 g/mol. The van der Waals surface area contributed by atoms with Crippen molar-refractivity contribution < 1.29 is 0 Å². The van der Waals surface area contributed by atoms with Crippen LogP contribution in [0.4, 0.5) is 5.00 Å². The fourth-order valence-electron chi connectivity index (χ4n) is 1.20. The Balaban J connectivity index is 2.49. The predicted octanol–water partition coefficient (Wildman–Crippen LogP) is 2.40. The number of nitrogen functional groups attached to an aromatic ring is 1. The van der Waals surface area contributed by atoms with Crippen LogP contribution < -0.4 is 5.73 Å². The van der Waals surface area contributed by atoms with Crippen LogP contribution in [0.2, 0.25) is 0 Å². The molecule has 0 atom stereocenters. The van der Waals surface area contributed by atoms with Gasteiger partial charge in [-0.15, -0.1) is 0 Å². The molecule has 2 aromatic rings. The Morgan fingerprint density at radius 3 is 2.64 bits per heavy atom. The zero-order chi connectivity index (χ0) is 10.1. The van der Waals surface area contributed by atoms with Gasteiger partial charge in [-0.3, -0.25) is 4.98 Å². The van der Waals surface area contributed by atoms with Gasteiger partial charge in [0.25, 0.3) is 0 Å². The number of nitrogens with zero attached hydrogens (tertiary/aromatic N) is 2. The number of hydrogen-bond acceptors (Lipinski definition) is 4. The molecule has 2 aromatic heterocycles. The molecule has 0 saturated heterocycles. The molecule has 72 valence electrons. The minimum atomic E-state index is 0.779. The molecule has 2 N–H and O–H groups in total. The highest BCUT2D eigenvalue weighted by Crippen LogP contribution is 2.29. The van der Waals surface area contributed by atoms with Crippen LogP contribution in [-0.4, -0.2) is 9.97 Å². The summed E-state index contributed by atoms with van der Waals surface area (Å²) >= 11 is 1.50. The molecule has 0 unspecified atom stereocenters. The van der Waals surface area contributed by atoms with Crippen molar-refractivity contribution in [2.45, 2.75) is 13.8 Å². The van der Waals surface area contributed by atoms with E-state index in [9.17, 15) is 0 Å². The molecule has 0 radical (unpaired) electrons. The average Bonchev–Trinajstić information content (AvgIpc) is 2.47. The van der Waals surface area contributed by atoms with Gasteiger partial charge in [0.05, 0.1) is 5.69 Å². The fraction of sp³-hybridized carbons (Fsp3) is 0.200. The zero-order valence-electron chi connectivity index (χ0n) is 8.11. The van der Waals surface area contributed by atoms with Gasteiger partial charge in [-0.1, -0.05) is 11.3 Å². The average molecular weight is 205 g/mol. The summed E-state index contributed by atoms with van der Waals surface area (Å²) in [7, 11) is 0. The van der Waals surface area contributed by atoms with E-state index in [2.05, 4.69) is 16.0 Å². The molecule has 2 rings (SSSR count). The Hall–Kier alpha value is -1.42. The summed E-state index contributed by atoms with van der Waals surface area (Å²) in [6.45, 7) is 3.93. The van der Waals surface area contributed by atoms with Gasteiger partial charge in [-0.2, -0.15) is 0 Å². The van der Waals surface area contributed by atoms with Crippen molar-refractivity contribution in [2.75, 3.05) is 5.73 Å². The van der Waals surface area contributed by atoms with Crippen molar-refractivity contribution in [1.29, 1.82) is 0 Å². The molecule has 0 aliphatic carbocycles. The molecule has 0 spiro atoms. The number of aryl methyl sites for hydroxylation is 2. The van der Waals surface area contributed by atoms with Crippen molar-refractivity contribution in [3.8, 4) is 10.6 Å². The maximum atomic E-state index is 5.75. The topological polar surface area (TPSA) is 51.8 Å². The van der Waals surface area contributed by atoms with E-state index in [4.69, 9.17) is 5.73 Å². The third-order valence-corrected chi connectivity index (χ3v) is 2.99. The highest BCUT2D eigenvalue weighted by molar-refractivity contribution is 7.18. The molecule has 0 aliphatic heterocycles. The summed E-state index contributed by atoms with van der Waals surface area (Å²) in [5, 5.41) is 1.72. The number of thiazole rings is 1. The number of pyridine rings is 1. The Morgan fingerprint density at radius 1 is 1.29 bits per heavy atom. The van der Waals surface area contributed by atoms with Gasteiger partial charge >= 0.3 is 0 Å². The minimum Gasteiger partial charge on any atom is -0.389 e. The molecule has 3 nitrogen and oxygen atoms in total. The van der Waals surface area contributed by atoms with Gasteiger partial charge in [0.1, 0.15) is 10.0 Å². The van der Waals surface area contributed by atoms with Crippen LogP contribution in [0.1, 0.15) is 11.3 Å². The zero-order valence-corrected chi connectivity index (χ0v) is 8.93. The van der Waals surface area contributed by atoms with Crippen LogP contribution >= 0.6 is 11.3 Å². The second-order valence-corrected chi connectivity index (χ2v) is 4.25. The number of nitrogens with two attached hydrogens (primary N) is 1. The van der Waals surface area contributed by atoms with E-state index in [1.807, 2.05) is 26.2 Å². The van der Waals surface area contributed by atoms with Crippen LogP contribution in [0, 0.1) is 13.8 Å². The Kier molecular flexibility index (Phi) is 2.21. The Morgan fingerprint density at radius 2 is 2.07 bits per heavy atom. The lowest BCUT2D eigenvalue weighted by Crippen LogP contribution is -1.82. The van der Waals surface area contributed by atoms with E-state index in [1.54, 1.807) is 0 Å². The number of anilines is 1. The normalized spacial score (nSPS) is 10.4. The van der Waals surface area contributed by atoms with Crippen molar-refractivity contribution in [2.24, 2.45) is 0 Å². The number of hydrogen-bond donors (Lipinski definition) is 1. The third kappa shape index (κ3) is 1.61. The van der Waals surface area contributed by atoms with E-state index in [0.717, 1.165) is 26.8 Å². The molecular formula is C10H11N3S. The van der Waals surface area contributed by atoms with Crippen LogP contribution in [-0.2, 0) is 0 Å². The first-order chi connectivity index (χ1) is 6.66. The van der Waals surface area contributed by atoms with Gasteiger partial charge in [0.15, 0.2) is 0 Å². The van der Waals surface area contributed by atoms with Gasteiger partial charge in [0, 0.05) is 18.0 Å². The summed E-state index contributed by atoms with van der Waals surface area (Å²) in [4.78, 5) is 8.50. The quantitative estimate of drug-likeness (QED) is 0.777. The summed E-state index contributed by atoms with van der Waals surface area (Å²) in [6, 6.07) is 2.06. The van der Waals surface area contributed by atoms with Gasteiger partial charge in [-0.05, 0) is 25.5 Å². The predicted molar refractivity (Wildman–Crippen MR) is 59.2 cm³/mol. The first-order valence-electron chi connectivity index (χ1n) is 4.32. The van der Waals surface area contributed by atoms with Crippen LogP contribution in [0.15, 0.2) is 18.5 Å². The standard InChI is InChI=1S/C10H11N3S/c1-6-3-8(5-12-4-6)10-13-7(2)9(11)14-10/h3-5H,11H2,1-2H3. The van der Waals surface area contributed by atoms with Crippen molar-refractivity contribution in [1.82, 2.24) is 9.97 Å². The Bertz CT molecular complexity index is 443. The van der Waals surface area contributed by atoms with Gasteiger partial charge in [0.2, 0.25) is 0 Å². The summed E-state index contributed by atoms with van der Waals surface area (Å²) in [5.74, 6) is 0. The van der Waals surface area contributed by atoms with Gasteiger partial charge < -0.3 is 5.73 Å². The van der Waals surface area contributed by atoms with E-state index >= 15 is 0 Å². The minimum absolute atomic E-state index is 0.779. The van der Waals surface area contributed by atoms with Crippen molar-refractivity contribution >= 4 is 16.3 Å². The lowest BCUT2D eigenvalue weighted by Gasteiger charge is -1.95. The Labute approximate surface area is 86.6 Å². The molecule has 0 amide bonds.